The first-order valence-electron chi connectivity index (χ1n) is 5.46. The zero-order valence-electron chi connectivity index (χ0n) is 9.80. The van der Waals surface area contributed by atoms with E-state index in [0.717, 1.165) is 13.0 Å². The van der Waals surface area contributed by atoms with Crippen molar-refractivity contribution in [2.45, 2.75) is 46.6 Å². The number of hydrogen-bond acceptors (Lipinski definition) is 3. The predicted octanol–water partition coefficient (Wildman–Crippen LogP) is 1.96. The molecule has 0 fully saturated rings. The molecule has 0 amide bonds. The summed E-state index contributed by atoms with van der Waals surface area (Å²) in [5.74, 6) is 0.477. The average molecular weight is 201 g/mol. The van der Waals surface area contributed by atoms with Gasteiger partial charge in [-0.15, -0.1) is 0 Å². The van der Waals surface area contributed by atoms with Crippen molar-refractivity contribution in [2.24, 2.45) is 5.92 Å². The number of ether oxygens (including phenoxy) is 1. The Balaban J connectivity index is 3.50. The maximum atomic E-state index is 11.2. The van der Waals surface area contributed by atoms with Gasteiger partial charge in [0, 0.05) is 6.54 Å². The zero-order chi connectivity index (χ0) is 11.0. The molecule has 0 spiro atoms. The Bertz CT molecular complexity index is 157. The van der Waals surface area contributed by atoms with Crippen molar-refractivity contribution < 1.29 is 9.53 Å². The molecule has 0 aromatic carbocycles. The van der Waals surface area contributed by atoms with Gasteiger partial charge in [0.05, 0.1) is 12.5 Å². The minimum absolute atomic E-state index is 0.0455. The van der Waals surface area contributed by atoms with Crippen molar-refractivity contribution in [3.05, 3.63) is 0 Å². The van der Waals surface area contributed by atoms with E-state index in [9.17, 15) is 4.79 Å². The third kappa shape index (κ3) is 8.05. The number of rotatable bonds is 7. The Morgan fingerprint density at radius 1 is 1.36 bits per heavy atom. The fourth-order valence-electron chi connectivity index (χ4n) is 1.36. The van der Waals surface area contributed by atoms with Crippen LogP contribution in [0.5, 0.6) is 0 Å². The molecule has 0 saturated carbocycles. The number of nitrogens with one attached hydrogen (secondary N) is 1. The monoisotopic (exact) mass is 201 g/mol. The second-order valence-electron chi connectivity index (χ2n) is 4.03. The lowest BCUT2D eigenvalue weighted by Gasteiger charge is -2.15. The molecule has 0 aliphatic heterocycles. The molecule has 1 unspecified atom stereocenters. The van der Waals surface area contributed by atoms with Gasteiger partial charge in [-0.25, -0.2) is 0 Å². The molecular formula is C11H23NO2. The fraction of sp³-hybridized carbons (Fsp3) is 0.909. The van der Waals surface area contributed by atoms with E-state index in [4.69, 9.17) is 4.74 Å². The van der Waals surface area contributed by atoms with Crippen LogP contribution in [-0.4, -0.2) is 25.2 Å². The number of esters is 1. The molecule has 0 bridgehead atoms. The van der Waals surface area contributed by atoms with Crippen LogP contribution in [0.25, 0.3) is 0 Å². The Morgan fingerprint density at radius 3 is 2.50 bits per heavy atom. The summed E-state index contributed by atoms with van der Waals surface area (Å²) >= 11 is 0. The molecule has 0 aromatic rings. The fourth-order valence-corrected chi connectivity index (χ4v) is 1.36. The van der Waals surface area contributed by atoms with E-state index >= 15 is 0 Å². The van der Waals surface area contributed by atoms with Crippen LogP contribution in [0.1, 0.15) is 40.5 Å². The largest absolute Gasteiger partial charge is 0.463 e. The van der Waals surface area contributed by atoms with Crippen molar-refractivity contribution in [3.63, 3.8) is 0 Å². The Kier molecular flexibility index (Phi) is 7.48. The highest BCUT2D eigenvalue weighted by atomic mass is 16.5. The van der Waals surface area contributed by atoms with Crippen LogP contribution in [0.15, 0.2) is 0 Å². The predicted molar refractivity (Wildman–Crippen MR) is 58.2 cm³/mol. The number of carbonyl (C=O) groups excluding carboxylic acids is 1. The summed E-state index contributed by atoms with van der Waals surface area (Å²) in [6, 6.07) is 0. The quantitative estimate of drug-likeness (QED) is 0.505. The van der Waals surface area contributed by atoms with Gasteiger partial charge in [0.1, 0.15) is 0 Å². The third-order valence-corrected chi connectivity index (χ3v) is 1.89. The van der Waals surface area contributed by atoms with Gasteiger partial charge in [-0.3, -0.25) is 4.79 Å². The summed E-state index contributed by atoms with van der Waals surface area (Å²) in [7, 11) is 0. The van der Waals surface area contributed by atoms with E-state index in [-0.39, 0.29) is 12.1 Å². The van der Waals surface area contributed by atoms with Crippen LogP contribution in [-0.2, 0) is 9.53 Å². The smallest absolute Gasteiger partial charge is 0.307 e. The molecule has 0 aliphatic carbocycles. The molecule has 3 heteroatoms. The molecule has 0 rings (SSSR count). The SMILES string of the molecule is CCNCCC(=O)OC(C)CC(C)C. The molecule has 1 atom stereocenters. The molecule has 0 aromatic heterocycles. The molecule has 0 aliphatic rings. The molecular weight excluding hydrogens is 178 g/mol. The minimum Gasteiger partial charge on any atom is -0.463 e. The van der Waals surface area contributed by atoms with Crippen LogP contribution in [0.3, 0.4) is 0 Å². The van der Waals surface area contributed by atoms with Crippen LogP contribution in [0.2, 0.25) is 0 Å². The first-order valence-corrected chi connectivity index (χ1v) is 5.46. The van der Waals surface area contributed by atoms with Gasteiger partial charge in [-0.1, -0.05) is 20.8 Å². The van der Waals surface area contributed by atoms with Crippen LogP contribution < -0.4 is 5.32 Å². The van der Waals surface area contributed by atoms with Gasteiger partial charge in [0.2, 0.25) is 0 Å². The maximum Gasteiger partial charge on any atom is 0.307 e. The lowest BCUT2D eigenvalue weighted by Crippen LogP contribution is -2.22. The molecule has 0 radical (unpaired) electrons. The molecule has 84 valence electrons. The Labute approximate surface area is 87.2 Å². The number of carbonyl (C=O) groups is 1. The second kappa shape index (κ2) is 7.80. The summed E-state index contributed by atoms with van der Waals surface area (Å²) in [5.41, 5.74) is 0. The van der Waals surface area contributed by atoms with E-state index in [1.165, 1.54) is 0 Å². The van der Waals surface area contributed by atoms with E-state index in [2.05, 4.69) is 19.2 Å². The topological polar surface area (TPSA) is 38.3 Å². The minimum atomic E-state index is -0.0981. The van der Waals surface area contributed by atoms with E-state index in [1.807, 2.05) is 13.8 Å². The summed E-state index contributed by atoms with van der Waals surface area (Å²) in [6.45, 7) is 9.84. The highest BCUT2D eigenvalue weighted by Gasteiger charge is 2.10. The molecule has 1 N–H and O–H groups in total. The average Bonchev–Trinajstić information content (AvgIpc) is 2.02. The van der Waals surface area contributed by atoms with Crippen LogP contribution in [0, 0.1) is 5.92 Å². The highest BCUT2D eigenvalue weighted by molar-refractivity contribution is 5.69. The van der Waals surface area contributed by atoms with Crippen molar-refractivity contribution in [1.29, 1.82) is 0 Å². The molecule has 0 heterocycles. The van der Waals surface area contributed by atoms with Gasteiger partial charge < -0.3 is 10.1 Å². The standard InChI is InChI=1S/C11H23NO2/c1-5-12-7-6-11(13)14-10(4)8-9(2)3/h9-10,12H,5-8H2,1-4H3. The van der Waals surface area contributed by atoms with Crippen molar-refractivity contribution >= 4 is 5.97 Å². The molecule has 0 saturated heterocycles. The van der Waals surface area contributed by atoms with E-state index in [1.54, 1.807) is 0 Å². The summed E-state index contributed by atoms with van der Waals surface area (Å²) in [6.07, 6.45) is 1.45. The Morgan fingerprint density at radius 2 is 2.00 bits per heavy atom. The van der Waals surface area contributed by atoms with Gasteiger partial charge in [-0.2, -0.15) is 0 Å². The first kappa shape index (κ1) is 13.4. The van der Waals surface area contributed by atoms with Gasteiger partial charge >= 0.3 is 5.97 Å². The summed E-state index contributed by atoms with van der Waals surface area (Å²) < 4.78 is 5.23. The van der Waals surface area contributed by atoms with Crippen molar-refractivity contribution in [1.82, 2.24) is 5.32 Å². The van der Waals surface area contributed by atoms with Crippen molar-refractivity contribution in [3.8, 4) is 0 Å². The van der Waals surface area contributed by atoms with E-state index in [0.29, 0.717) is 18.9 Å². The summed E-state index contributed by atoms with van der Waals surface area (Å²) in [4.78, 5) is 11.2. The Hall–Kier alpha value is -0.570. The highest BCUT2D eigenvalue weighted by Crippen LogP contribution is 2.07. The zero-order valence-corrected chi connectivity index (χ0v) is 9.80. The first-order chi connectivity index (χ1) is 6.56. The van der Waals surface area contributed by atoms with Crippen LogP contribution >= 0.6 is 0 Å². The lowest BCUT2D eigenvalue weighted by molar-refractivity contribution is -0.148. The molecule has 3 nitrogen and oxygen atoms in total. The van der Waals surface area contributed by atoms with E-state index < -0.39 is 0 Å². The van der Waals surface area contributed by atoms with Gasteiger partial charge in [-0.05, 0) is 25.8 Å². The van der Waals surface area contributed by atoms with Crippen LogP contribution in [0.4, 0.5) is 0 Å². The third-order valence-electron chi connectivity index (χ3n) is 1.89. The van der Waals surface area contributed by atoms with Gasteiger partial charge in [0.15, 0.2) is 0 Å². The second-order valence-corrected chi connectivity index (χ2v) is 4.03. The van der Waals surface area contributed by atoms with Crippen molar-refractivity contribution in [2.75, 3.05) is 13.1 Å². The lowest BCUT2D eigenvalue weighted by atomic mass is 10.1. The number of hydrogen-bond donors (Lipinski definition) is 1. The van der Waals surface area contributed by atoms with Gasteiger partial charge in [0.25, 0.3) is 0 Å². The normalized spacial score (nSPS) is 12.9. The molecule has 14 heavy (non-hydrogen) atoms. The summed E-state index contributed by atoms with van der Waals surface area (Å²) in [5, 5.41) is 3.09. The maximum absolute atomic E-state index is 11.2.